The number of carbonyl (C=O) groups excluding carboxylic acids is 2. The molecule has 0 bridgehead atoms. The van der Waals surface area contributed by atoms with E-state index in [2.05, 4.69) is 6.92 Å². The number of rotatable bonds is 20. The quantitative estimate of drug-likeness (QED) is 0.174. The van der Waals surface area contributed by atoms with Crippen LogP contribution >= 0.6 is 0 Å². The van der Waals surface area contributed by atoms with Gasteiger partial charge in [0.2, 0.25) is 5.91 Å². The number of carbonyl (C=O) groups is 2. The molecule has 1 rings (SSSR count). The Morgan fingerprint density at radius 3 is 1.83 bits per heavy atom. The molecule has 0 saturated carbocycles. The largest absolute Gasteiger partial charge is 0.544 e. The minimum Gasteiger partial charge on any atom is -0.544 e. The minimum absolute atomic E-state index is 0.0241. The lowest BCUT2D eigenvalue weighted by molar-refractivity contribution is -0.884. The van der Waals surface area contributed by atoms with Crippen molar-refractivity contribution >= 4 is 11.9 Å². The van der Waals surface area contributed by atoms with Crippen LogP contribution in [0, 0.1) is 0 Å². The number of carboxylic acids is 1. The van der Waals surface area contributed by atoms with Crippen LogP contribution in [0.1, 0.15) is 103 Å². The van der Waals surface area contributed by atoms with Gasteiger partial charge in [-0.25, -0.2) is 0 Å². The minimum atomic E-state index is -1.02. The van der Waals surface area contributed by atoms with Gasteiger partial charge in [0, 0.05) is 13.0 Å². The summed E-state index contributed by atoms with van der Waals surface area (Å²) >= 11 is 0. The molecule has 0 aromatic rings. The van der Waals surface area contributed by atoms with Crippen molar-refractivity contribution in [3.05, 3.63) is 0 Å². The van der Waals surface area contributed by atoms with Gasteiger partial charge in [0.25, 0.3) is 0 Å². The Bertz CT molecular complexity index is 465. The van der Waals surface area contributed by atoms with E-state index in [1.165, 1.54) is 77.0 Å². The predicted octanol–water partition coefficient (Wildman–Crippen LogP) is 3.89. The van der Waals surface area contributed by atoms with Crippen LogP contribution < -0.4 is 5.11 Å². The van der Waals surface area contributed by atoms with E-state index in [1.807, 2.05) is 19.0 Å². The Morgan fingerprint density at radius 2 is 1.34 bits per heavy atom. The first-order valence-corrected chi connectivity index (χ1v) is 12.2. The summed E-state index contributed by atoms with van der Waals surface area (Å²) in [5, 5.41) is 10.7. The number of hydrogen-bond donors (Lipinski definition) is 0. The zero-order valence-electron chi connectivity index (χ0n) is 19.4. The SMILES string of the molecule is CCCCCCCCCCCCCCCC1C(=O)N1CCC[N+](C)(C)CC(=O)[O-]. The maximum atomic E-state index is 11.9. The Kier molecular flexibility index (Phi) is 13.2. The monoisotopic (exact) mass is 410 g/mol. The van der Waals surface area contributed by atoms with Crippen molar-refractivity contribution < 1.29 is 19.2 Å². The van der Waals surface area contributed by atoms with Gasteiger partial charge in [-0.2, -0.15) is 0 Å². The third kappa shape index (κ3) is 12.9. The molecule has 0 aromatic heterocycles. The average molecular weight is 411 g/mol. The lowest BCUT2D eigenvalue weighted by Gasteiger charge is -2.30. The van der Waals surface area contributed by atoms with E-state index in [4.69, 9.17) is 0 Å². The molecule has 0 radical (unpaired) electrons. The molecule has 5 heteroatoms. The topological polar surface area (TPSA) is 60.2 Å². The maximum Gasteiger partial charge on any atom is 0.246 e. The number of nitrogens with zero attached hydrogens (tertiary/aromatic N) is 2. The first-order valence-electron chi connectivity index (χ1n) is 12.2. The van der Waals surface area contributed by atoms with E-state index in [-0.39, 0.29) is 18.5 Å². The first kappa shape index (κ1) is 25.9. The molecule has 0 N–H and O–H groups in total. The van der Waals surface area contributed by atoms with Crippen LogP contribution in [0.15, 0.2) is 0 Å². The van der Waals surface area contributed by atoms with Gasteiger partial charge >= 0.3 is 0 Å². The summed E-state index contributed by atoms with van der Waals surface area (Å²) < 4.78 is 0.411. The summed E-state index contributed by atoms with van der Waals surface area (Å²) in [7, 11) is 3.79. The second kappa shape index (κ2) is 14.8. The van der Waals surface area contributed by atoms with E-state index < -0.39 is 5.97 Å². The van der Waals surface area contributed by atoms with Gasteiger partial charge in [0.1, 0.15) is 12.6 Å². The van der Waals surface area contributed by atoms with Crippen molar-refractivity contribution in [1.82, 2.24) is 4.90 Å². The zero-order chi connectivity index (χ0) is 21.5. The Balaban J connectivity index is 1.89. The van der Waals surface area contributed by atoms with E-state index in [9.17, 15) is 14.7 Å². The van der Waals surface area contributed by atoms with E-state index in [0.29, 0.717) is 4.48 Å². The van der Waals surface area contributed by atoms with Crippen LogP contribution in [-0.4, -0.2) is 61.0 Å². The number of unbranched alkanes of at least 4 members (excludes halogenated alkanes) is 12. The Labute approximate surface area is 179 Å². The summed E-state index contributed by atoms with van der Waals surface area (Å²) in [6.07, 6.45) is 19.4. The molecule has 1 aliphatic heterocycles. The molecule has 0 spiro atoms. The van der Waals surface area contributed by atoms with Crippen LogP contribution in [0.25, 0.3) is 0 Å². The van der Waals surface area contributed by atoms with Crippen molar-refractivity contribution in [3.63, 3.8) is 0 Å². The molecule has 1 saturated heterocycles. The lowest BCUT2D eigenvalue weighted by Crippen LogP contribution is -2.49. The van der Waals surface area contributed by atoms with E-state index >= 15 is 0 Å². The Hall–Kier alpha value is -1.10. The average Bonchev–Trinajstić information content (AvgIpc) is 3.25. The molecule has 170 valence electrons. The van der Waals surface area contributed by atoms with Gasteiger partial charge in [0.05, 0.1) is 26.6 Å². The van der Waals surface area contributed by atoms with Gasteiger partial charge in [-0.1, -0.05) is 90.4 Å². The second-order valence-electron chi connectivity index (χ2n) is 9.62. The second-order valence-corrected chi connectivity index (χ2v) is 9.62. The van der Waals surface area contributed by atoms with Crippen molar-refractivity contribution in [2.45, 2.75) is 109 Å². The number of likely N-dealkylation sites (N-methyl/N-ethyl adjacent to an activating group) is 1. The van der Waals surface area contributed by atoms with Gasteiger partial charge < -0.3 is 19.3 Å². The lowest BCUT2D eigenvalue weighted by atomic mass is 10.0. The molecule has 1 heterocycles. The third-order valence-electron chi connectivity index (χ3n) is 6.18. The van der Waals surface area contributed by atoms with E-state index in [1.54, 1.807) is 0 Å². The number of carboxylic acid groups (broad SMARTS) is 1. The summed E-state index contributed by atoms with van der Waals surface area (Å²) in [6, 6.07) is 0.138. The normalized spacial score (nSPS) is 16.4. The number of aliphatic carboxylic acids is 1. The van der Waals surface area contributed by atoms with Crippen molar-refractivity contribution in [1.29, 1.82) is 0 Å². The third-order valence-corrected chi connectivity index (χ3v) is 6.18. The highest BCUT2D eigenvalue weighted by molar-refractivity contribution is 5.96. The predicted molar refractivity (Wildman–Crippen MR) is 117 cm³/mol. The van der Waals surface area contributed by atoms with Crippen LogP contribution in [0.5, 0.6) is 0 Å². The van der Waals surface area contributed by atoms with Gasteiger partial charge in [-0.3, -0.25) is 4.79 Å². The summed E-state index contributed by atoms with van der Waals surface area (Å²) in [6.45, 7) is 3.81. The highest BCUT2D eigenvalue weighted by Crippen LogP contribution is 2.26. The molecule has 0 aliphatic carbocycles. The fraction of sp³-hybridized carbons (Fsp3) is 0.917. The van der Waals surface area contributed by atoms with Crippen LogP contribution in [0.4, 0.5) is 0 Å². The van der Waals surface area contributed by atoms with Crippen molar-refractivity contribution in [2.24, 2.45) is 0 Å². The molecular weight excluding hydrogens is 364 g/mol. The van der Waals surface area contributed by atoms with Gasteiger partial charge in [-0.15, -0.1) is 0 Å². The first-order chi connectivity index (χ1) is 13.9. The summed E-state index contributed by atoms with van der Waals surface area (Å²) in [5.74, 6) is -0.729. The maximum absolute atomic E-state index is 11.9. The highest BCUT2D eigenvalue weighted by atomic mass is 16.4. The van der Waals surface area contributed by atoms with Crippen molar-refractivity contribution in [2.75, 3.05) is 33.7 Å². The molecular formula is C24H46N2O3. The molecule has 1 aliphatic rings. The molecule has 5 nitrogen and oxygen atoms in total. The Morgan fingerprint density at radius 1 is 0.862 bits per heavy atom. The number of amides is 1. The molecule has 29 heavy (non-hydrogen) atoms. The van der Waals surface area contributed by atoms with E-state index in [0.717, 1.165) is 32.4 Å². The molecule has 1 fully saturated rings. The fourth-order valence-electron chi connectivity index (χ4n) is 4.26. The summed E-state index contributed by atoms with van der Waals surface area (Å²) in [4.78, 5) is 24.6. The van der Waals surface area contributed by atoms with Crippen LogP contribution in [0.3, 0.4) is 0 Å². The zero-order valence-corrected chi connectivity index (χ0v) is 19.4. The van der Waals surface area contributed by atoms with Gasteiger partial charge in [0.15, 0.2) is 0 Å². The van der Waals surface area contributed by atoms with Crippen LogP contribution in [0.2, 0.25) is 0 Å². The standard InChI is InChI=1S/C24H46N2O3/c1-4-5-6-7-8-9-10-11-12-13-14-15-16-18-22-24(29)25(22)19-17-20-26(2,3)21-23(27)28/h22H,4-21H2,1-3H3. The van der Waals surface area contributed by atoms with Crippen molar-refractivity contribution in [3.8, 4) is 0 Å². The molecule has 1 atom stereocenters. The fourth-order valence-corrected chi connectivity index (χ4v) is 4.26. The molecule has 1 amide bonds. The summed E-state index contributed by atoms with van der Waals surface area (Å²) in [5.41, 5.74) is 0. The highest BCUT2D eigenvalue weighted by Gasteiger charge is 2.44. The molecule has 0 aromatic carbocycles. The van der Waals surface area contributed by atoms with Crippen LogP contribution in [-0.2, 0) is 9.59 Å². The number of quaternary nitrogens is 1. The van der Waals surface area contributed by atoms with Gasteiger partial charge in [-0.05, 0) is 6.42 Å². The number of hydrogen-bond acceptors (Lipinski definition) is 3. The molecule has 1 unspecified atom stereocenters. The smallest absolute Gasteiger partial charge is 0.246 e.